The van der Waals surface area contributed by atoms with Crippen LogP contribution in [0.3, 0.4) is 0 Å². The normalized spacial score (nSPS) is 13.1. The average Bonchev–Trinajstić information content (AvgIpc) is 3.17. The number of hydrogen-bond donors (Lipinski definition) is 0. The van der Waals surface area contributed by atoms with E-state index in [1.807, 2.05) is 47.4 Å². The van der Waals surface area contributed by atoms with Gasteiger partial charge in [-0.3, -0.25) is 4.79 Å². The van der Waals surface area contributed by atoms with Crippen LogP contribution in [0.4, 0.5) is 0 Å². The van der Waals surface area contributed by atoms with E-state index in [4.69, 9.17) is 4.74 Å². The van der Waals surface area contributed by atoms with E-state index in [-0.39, 0.29) is 11.9 Å². The highest BCUT2D eigenvalue weighted by Gasteiger charge is 2.27. The van der Waals surface area contributed by atoms with Gasteiger partial charge in [0.05, 0.1) is 19.2 Å². The summed E-state index contributed by atoms with van der Waals surface area (Å²) in [5.41, 5.74) is 6.02. The third-order valence-corrected chi connectivity index (χ3v) is 6.19. The first-order valence-electron chi connectivity index (χ1n) is 10.8. The standard InChI is InChI=1S/C27H24N2O3/c1-32-27(31)21-13-11-19(12-14-21)17-29-24-10-6-5-9-22(24)23-15-16-28(18-25(23)29)26(30)20-7-3-2-4-8-20/h2-14H,15-18H2,1H3. The van der Waals surface area contributed by atoms with Crippen molar-refractivity contribution in [2.75, 3.05) is 13.7 Å². The van der Waals surface area contributed by atoms with Gasteiger partial charge in [0.15, 0.2) is 0 Å². The van der Waals surface area contributed by atoms with Crippen LogP contribution in [0.25, 0.3) is 10.9 Å². The summed E-state index contributed by atoms with van der Waals surface area (Å²) in [5.74, 6) is -0.272. The van der Waals surface area contributed by atoms with Crippen molar-refractivity contribution < 1.29 is 14.3 Å². The second-order valence-corrected chi connectivity index (χ2v) is 8.06. The van der Waals surface area contributed by atoms with Crippen LogP contribution in [-0.4, -0.2) is 35.0 Å². The first-order chi connectivity index (χ1) is 15.7. The Morgan fingerprint density at radius 3 is 2.34 bits per heavy atom. The van der Waals surface area contributed by atoms with E-state index >= 15 is 0 Å². The molecule has 2 heterocycles. The molecule has 5 heteroatoms. The number of carbonyl (C=O) groups is 2. The quantitative estimate of drug-likeness (QED) is 0.447. The number of benzene rings is 3. The molecule has 1 aliphatic heterocycles. The van der Waals surface area contributed by atoms with Gasteiger partial charge in [0.2, 0.25) is 0 Å². The highest BCUT2D eigenvalue weighted by Crippen LogP contribution is 2.32. The summed E-state index contributed by atoms with van der Waals surface area (Å²) >= 11 is 0. The van der Waals surface area contributed by atoms with Gasteiger partial charge in [0, 0.05) is 35.2 Å². The van der Waals surface area contributed by atoms with Crippen molar-refractivity contribution in [3.05, 3.63) is 107 Å². The molecule has 160 valence electrons. The fraction of sp³-hybridized carbons (Fsp3) is 0.185. The van der Waals surface area contributed by atoms with Crippen LogP contribution in [0.1, 0.15) is 37.5 Å². The molecular formula is C27H24N2O3. The van der Waals surface area contributed by atoms with Crippen molar-refractivity contribution in [1.29, 1.82) is 0 Å². The summed E-state index contributed by atoms with van der Waals surface area (Å²) in [7, 11) is 1.39. The highest BCUT2D eigenvalue weighted by molar-refractivity contribution is 5.95. The van der Waals surface area contributed by atoms with E-state index in [1.165, 1.54) is 29.3 Å². The Bertz CT molecular complexity index is 1290. The number of esters is 1. The molecule has 4 aromatic rings. The predicted molar refractivity (Wildman–Crippen MR) is 124 cm³/mol. The average molecular weight is 425 g/mol. The van der Waals surface area contributed by atoms with Gasteiger partial charge < -0.3 is 14.2 Å². The van der Waals surface area contributed by atoms with Gasteiger partial charge >= 0.3 is 5.97 Å². The van der Waals surface area contributed by atoms with E-state index in [0.717, 1.165) is 17.5 Å². The lowest BCUT2D eigenvalue weighted by molar-refractivity contribution is 0.0600. The third-order valence-electron chi connectivity index (χ3n) is 6.19. The van der Waals surface area contributed by atoms with Crippen LogP contribution in [0.5, 0.6) is 0 Å². The van der Waals surface area contributed by atoms with Crippen molar-refractivity contribution in [3.63, 3.8) is 0 Å². The fourth-order valence-electron chi connectivity index (χ4n) is 4.56. The fourth-order valence-corrected chi connectivity index (χ4v) is 4.56. The minimum absolute atomic E-state index is 0.0653. The molecule has 0 bridgehead atoms. The van der Waals surface area contributed by atoms with Gasteiger partial charge in [-0.15, -0.1) is 0 Å². The molecule has 0 fully saturated rings. The Balaban J connectivity index is 1.50. The molecule has 3 aromatic carbocycles. The number of nitrogens with zero attached hydrogens (tertiary/aromatic N) is 2. The van der Waals surface area contributed by atoms with E-state index in [0.29, 0.717) is 25.2 Å². The van der Waals surface area contributed by atoms with E-state index < -0.39 is 0 Å². The number of fused-ring (bicyclic) bond motifs is 3. The van der Waals surface area contributed by atoms with E-state index in [1.54, 1.807) is 12.1 Å². The maximum atomic E-state index is 13.1. The maximum Gasteiger partial charge on any atom is 0.337 e. The van der Waals surface area contributed by atoms with Crippen LogP contribution >= 0.6 is 0 Å². The molecule has 5 nitrogen and oxygen atoms in total. The molecule has 0 spiro atoms. The van der Waals surface area contributed by atoms with E-state index in [9.17, 15) is 9.59 Å². The number of rotatable bonds is 4. The van der Waals surface area contributed by atoms with Crippen LogP contribution in [0.15, 0.2) is 78.9 Å². The zero-order valence-corrected chi connectivity index (χ0v) is 18.0. The van der Waals surface area contributed by atoms with Crippen LogP contribution in [0, 0.1) is 0 Å². The number of hydrogen-bond acceptors (Lipinski definition) is 3. The Morgan fingerprint density at radius 1 is 0.875 bits per heavy atom. The summed E-state index contributed by atoms with van der Waals surface area (Å²) in [6, 6.07) is 25.4. The Hall–Kier alpha value is -3.86. The first-order valence-corrected chi connectivity index (χ1v) is 10.8. The van der Waals surface area contributed by atoms with Gasteiger partial charge in [-0.1, -0.05) is 48.5 Å². The topological polar surface area (TPSA) is 51.5 Å². The molecule has 0 unspecified atom stereocenters. The monoisotopic (exact) mass is 424 g/mol. The largest absolute Gasteiger partial charge is 0.465 e. The van der Waals surface area contributed by atoms with Gasteiger partial charge in [-0.2, -0.15) is 0 Å². The molecule has 1 aromatic heterocycles. The molecule has 32 heavy (non-hydrogen) atoms. The first kappa shape index (κ1) is 20.1. The molecule has 0 radical (unpaired) electrons. The summed E-state index contributed by atoms with van der Waals surface area (Å²) in [4.78, 5) is 26.8. The lowest BCUT2D eigenvalue weighted by atomic mass is 10.0. The number of para-hydroxylation sites is 1. The summed E-state index contributed by atoms with van der Waals surface area (Å²) in [6.07, 6.45) is 0.836. The molecule has 5 rings (SSSR count). The maximum absolute atomic E-state index is 13.1. The summed E-state index contributed by atoms with van der Waals surface area (Å²) in [6.45, 7) is 1.96. The van der Waals surface area contributed by atoms with Crippen LogP contribution in [-0.2, 0) is 24.2 Å². The predicted octanol–water partition coefficient (Wildman–Crippen LogP) is 4.67. The molecule has 0 saturated heterocycles. The van der Waals surface area contributed by atoms with Crippen molar-refractivity contribution >= 4 is 22.8 Å². The van der Waals surface area contributed by atoms with Gasteiger partial charge in [0.25, 0.3) is 5.91 Å². The minimum atomic E-state index is -0.338. The zero-order chi connectivity index (χ0) is 22.1. The molecule has 0 atom stereocenters. The van der Waals surface area contributed by atoms with Crippen LogP contribution < -0.4 is 0 Å². The number of methoxy groups -OCH3 is 1. The molecule has 0 saturated carbocycles. The molecule has 1 aliphatic rings. The van der Waals surface area contributed by atoms with Crippen molar-refractivity contribution in [1.82, 2.24) is 9.47 Å². The molecule has 0 N–H and O–H groups in total. The van der Waals surface area contributed by atoms with Crippen molar-refractivity contribution in [2.45, 2.75) is 19.5 Å². The number of amides is 1. The Labute approximate surface area is 186 Å². The molecule has 1 amide bonds. The highest BCUT2D eigenvalue weighted by atomic mass is 16.5. The summed E-state index contributed by atoms with van der Waals surface area (Å²) in [5, 5.41) is 1.25. The number of ether oxygens (including phenoxy) is 1. The Morgan fingerprint density at radius 2 is 1.59 bits per heavy atom. The second-order valence-electron chi connectivity index (χ2n) is 8.06. The number of carbonyl (C=O) groups excluding carboxylic acids is 2. The zero-order valence-electron chi connectivity index (χ0n) is 18.0. The van der Waals surface area contributed by atoms with Gasteiger partial charge in [-0.05, 0) is 47.9 Å². The second kappa shape index (κ2) is 8.35. The van der Waals surface area contributed by atoms with Gasteiger partial charge in [-0.25, -0.2) is 4.79 Å². The lowest BCUT2D eigenvalue weighted by Gasteiger charge is -2.29. The Kier molecular flexibility index (Phi) is 5.23. The molecule has 0 aliphatic carbocycles. The smallest absolute Gasteiger partial charge is 0.337 e. The third kappa shape index (κ3) is 3.56. The van der Waals surface area contributed by atoms with E-state index in [2.05, 4.69) is 28.8 Å². The SMILES string of the molecule is COC(=O)c1ccc(Cn2c3c(c4ccccc42)CCN(C(=O)c2ccccc2)C3)cc1. The van der Waals surface area contributed by atoms with Crippen molar-refractivity contribution in [2.24, 2.45) is 0 Å². The minimum Gasteiger partial charge on any atom is -0.465 e. The lowest BCUT2D eigenvalue weighted by Crippen LogP contribution is -2.36. The van der Waals surface area contributed by atoms with Crippen molar-refractivity contribution in [3.8, 4) is 0 Å². The number of aromatic nitrogens is 1. The van der Waals surface area contributed by atoms with Gasteiger partial charge in [0.1, 0.15) is 0 Å². The molecular weight excluding hydrogens is 400 g/mol. The summed E-state index contributed by atoms with van der Waals surface area (Å²) < 4.78 is 7.11. The van der Waals surface area contributed by atoms with Crippen LogP contribution in [0.2, 0.25) is 0 Å².